The second-order valence-corrected chi connectivity index (χ2v) is 9.53. The second-order valence-electron chi connectivity index (χ2n) is 9.53. The molecule has 2 heteroatoms. The lowest BCUT2D eigenvalue weighted by atomic mass is 9.88. The Bertz CT molecular complexity index is 1430. The fourth-order valence-electron chi connectivity index (χ4n) is 5.70. The molecule has 0 radical (unpaired) electrons. The number of fused-ring (bicyclic) bond motifs is 2. The first-order valence-electron chi connectivity index (χ1n) is 12.5. The highest BCUT2D eigenvalue weighted by molar-refractivity contribution is 5.81. The predicted molar refractivity (Wildman–Crippen MR) is 145 cm³/mol. The summed E-state index contributed by atoms with van der Waals surface area (Å²) in [7, 11) is 0. The van der Waals surface area contributed by atoms with Gasteiger partial charge in [0.05, 0.1) is 26.4 Å². The Morgan fingerprint density at radius 1 is 0.306 bits per heavy atom. The number of benzene rings is 5. The summed E-state index contributed by atoms with van der Waals surface area (Å²) in [5, 5.41) is 0. The van der Waals surface area contributed by atoms with Gasteiger partial charge in [0.2, 0.25) is 0 Å². The summed E-state index contributed by atoms with van der Waals surface area (Å²) in [6.07, 6.45) is 0. The molecule has 2 aliphatic rings. The topological polar surface area (TPSA) is 18.5 Å². The third-order valence-corrected chi connectivity index (χ3v) is 7.52. The maximum atomic E-state index is 5.92. The summed E-state index contributed by atoms with van der Waals surface area (Å²) in [5.74, 6) is 0. The third-order valence-electron chi connectivity index (χ3n) is 7.52. The molecule has 0 unspecified atom stereocenters. The number of rotatable bonds is 4. The normalized spacial score (nSPS) is 14.0. The molecule has 2 heterocycles. The second kappa shape index (κ2) is 8.91. The monoisotopic (exact) mass is 466 g/mol. The molecule has 0 amide bonds. The molecular weight excluding hydrogens is 440 g/mol. The van der Waals surface area contributed by atoms with Crippen molar-refractivity contribution in [2.75, 3.05) is 0 Å². The van der Waals surface area contributed by atoms with E-state index in [4.69, 9.17) is 9.47 Å². The van der Waals surface area contributed by atoms with Gasteiger partial charge in [0.1, 0.15) is 0 Å². The van der Waals surface area contributed by atoms with E-state index in [0.717, 1.165) is 0 Å². The Morgan fingerprint density at radius 2 is 0.583 bits per heavy atom. The van der Waals surface area contributed by atoms with E-state index in [2.05, 4.69) is 109 Å². The van der Waals surface area contributed by atoms with Gasteiger partial charge in [-0.1, -0.05) is 109 Å². The number of ether oxygens (including phenoxy) is 2. The van der Waals surface area contributed by atoms with Gasteiger partial charge in [0.15, 0.2) is 0 Å². The van der Waals surface area contributed by atoms with E-state index in [1.165, 1.54) is 66.8 Å². The van der Waals surface area contributed by atoms with Gasteiger partial charge in [-0.2, -0.15) is 0 Å². The zero-order chi connectivity index (χ0) is 23.9. The number of hydrogen-bond acceptors (Lipinski definition) is 2. The summed E-state index contributed by atoms with van der Waals surface area (Å²) in [4.78, 5) is 0. The van der Waals surface area contributed by atoms with Crippen LogP contribution < -0.4 is 0 Å². The summed E-state index contributed by atoms with van der Waals surface area (Å²) in [5.41, 5.74) is 15.3. The van der Waals surface area contributed by atoms with Gasteiger partial charge in [0.25, 0.3) is 0 Å². The Kier molecular flexibility index (Phi) is 5.27. The molecule has 36 heavy (non-hydrogen) atoms. The molecule has 0 spiro atoms. The van der Waals surface area contributed by atoms with Crippen LogP contribution in [0.4, 0.5) is 0 Å². The predicted octanol–water partition coefficient (Wildman–Crippen LogP) is 8.42. The molecule has 0 aromatic heterocycles. The van der Waals surface area contributed by atoms with E-state index in [1.54, 1.807) is 0 Å². The van der Waals surface area contributed by atoms with Gasteiger partial charge in [-0.3, -0.25) is 0 Å². The number of hydrogen-bond donors (Lipinski definition) is 0. The molecule has 0 N–H and O–H groups in total. The molecule has 0 bridgehead atoms. The molecule has 0 saturated carbocycles. The van der Waals surface area contributed by atoms with Crippen LogP contribution in [0.2, 0.25) is 0 Å². The minimum absolute atomic E-state index is 0.666. The summed E-state index contributed by atoms with van der Waals surface area (Å²) < 4.78 is 11.8. The molecule has 174 valence electrons. The molecule has 2 nitrogen and oxygen atoms in total. The molecule has 7 rings (SSSR count). The maximum absolute atomic E-state index is 5.92. The highest BCUT2D eigenvalue weighted by Crippen LogP contribution is 2.40. The van der Waals surface area contributed by atoms with Crippen LogP contribution in [0.25, 0.3) is 44.5 Å². The van der Waals surface area contributed by atoms with Crippen LogP contribution in [0.1, 0.15) is 22.3 Å². The van der Waals surface area contributed by atoms with E-state index in [-0.39, 0.29) is 0 Å². The van der Waals surface area contributed by atoms with Crippen LogP contribution in [0.5, 0.6) is 0 Å². The fourth-order valence-corrected chi connectivity index (χ4v) is 5.70. The molecule has 5 aromatic carbocycles. The maximum Gasteiger partial charge on any atom is 0.0731 e. The highest BCUT2D eigenvalue weighted by Gasteiger charge is 2.22. The largest absolute Gasteiger partial charge is 0.372 e. The fraction of sp³-hybridized carbons (Fsp3) is 0.118. The van der Waals surface area contributed by atoms with Gasteiger partial charge >= 0.3 is 0 Å². The lowest BCUT2D eigenvalue weighted by Crippen LogP contribution is -1.94. The zero-order valence-corrected chi connectivity index (χ0v) is 20.0. The first-order valence-corrected chi connectivity index (χ1v) is 12.5. The smallest absolute Gasteiger partial charge is 0.0731 e. The van der Waals surface area contributed by atoms with Gasteiger partial charge in [-0.25, -0.2) is 0 Å². The lowest BCUT2D eigenvalue weighted by molar-refractivity contribution is 0.135. The van der Waals surface area contributed by atoms with Crippen molar-refractivity contribution in [1.82, 2.24) is 0 Å². The Morgan fingerprint density at radius 3 is 0.889 bits per heavy atom. The average molecular weight is 467 g/mol. The Balaban J connectivity index is 1.25. The Labute approximate surface area is 211 Å². The minimum Gasteiger partial charge on any atom is -0.372 e. The summed E-state index contributed by atoms with van der Waals surface area (Å²) in [6, 6.07) is 39.2. The van der Waals surface area contributed by atoms with E-state index < -0.39 is 0 Å². The van der Waals surface area contributed by atoms with Crippen LogP contribution >= 0.6 is 0 Å². The SMILES string of the molecule is c1ccc(-c2ccc(-c3ccc(-c4ccc(-c5ccccc5)c5c4COC5)cc3)c3c2COC3)cc1. The molecule has 0 saturated heterocycles. The van der Waals surface area contributed by atoms with Crippen molar-refractivity contribution in [3.8, 4) is 44.5 Å². The van der Waals surface area contributed by atoms with Crippen molar-refractivity contribution < 1.29 is 9.47 Å². The zero-order valence-electron chi connectivity index (χ0n) is 20.0. The van der Waals surface area contributed by atoms with Crippen LogP contribution in [-0.4, -0.2) is 0 Å². The van der Waals surface area contributed by atoms with Crippen LogP contribution in [-0.2, 0) is 35.9 Å². The lowest BCUT2D eigenvalue weighted by Gasteiger charge is -2.15. The molecule has 5 aromatic rings. The first kappa shape index (κ1) is 21.3. The summed E-state index contributed by atoms with van der Waals surface area (Å²) >= 11 is 0. The first-order chi connectivity index (χ1) is 17.9. The van der Waals surface area contributed by atoms with Crippen molar-refractivity contribution in [3.05, 3.63) is 131 Å². The molecular formula is C34H26O2. The van der Waals surface area contributed by atoms with Crippen LogP contribution in [0, 0.1) is 0 Å². The average Bonchev–Trinajstić information content (AvgIpc) is 3.64. The van der Waals surface area contributed by atoms with Crippen LogP contribution in [0.15, 0.2) is 109 Å². The molecule has 0 aliphatic carbocycles. The van der Waals surface area contributed by atoms with Gasteiger partial charge < -0.3 is 9.47 Å². The quantitative estimate of drug-likeness (QED) is 0.265. The van der Waals surface area contributed by atoms with E-state index in [0.29, 0.717) is 26.4 Å². The minimum atomic E-state index is 0.666. The van der Waals surface area contributed by atoms with Gasteiger partial charge in [-0.15, -0.1) is 0 Å². The molecule has 2 aliphatic heterocycles. The van der Waals surface area contributed by atoms with E-state index in [1.807, 2.05) is 0 Å². The van der Waals surface area contributed by atoms with Crippen LogP contribution in [0.3, 0.4) is 0 Å². The highest BCUT2D eigenvalue weighted by atomic mass is 16.5. The Hall–Kier alpha value is -3.98. The summed E-state index contributed by atoms with van der Waals surface area (Å²) in [6.45, 7) is 2.68. The van der Waals surface area contributed by atoms with Crippen molar-refractivity contribution in [1.29, 1.82) is 0 Å². The third kappa shape index (κ3) is 3.58. The van der Waals surface area contributed by atoms with Crippen molar-refractivity contribution >= 4 is 0 Å². The molecule has 0 atom stereocenters. The van der Waals surface area contributed by atoms with Crippen molar-refractivity contribution in [2.45, 2.75) is 26.4 Å². The standard InChI is InChI=1S/C34H26O2/c1-3-7-23(8-4-1)27-15-17-29(33-21-35-19-31(27)33)25-11-13-26(14-12-25)30-18-16-28(24-9-5-2-6-10-24)32-20-36-22-34(30)32/h1-18H,19-22H2. The van der Waals surface area contributed by atoms with Crippen molar-refractivity contribution in [3.63, 3.8) is 0 Å². The van der Waals surface area contributed by atoms with Gasteiger partial charge in [0, 0.05) is 0 Å². The van der Waals surface area contributed by atoms with E-state index >= 15 is 0 Å². The molecule has 0 fully saturated rings. The van der Waals surface area contributed by atoms with Gasteiger partial charge in [-0.05, 0) is 66.8 Å². The van der Waals surface area contributed by atoms with Crippen molar-refractivity contribution in [2.24, 2.45) is 0 Å². The van der Waals surface area contributed by atoms with E-state index in [9.17, 15) is 0 Å².